The first-order valence-electron chi connectivity index (χ1n) is 6.12. The van der Waals surface area contributed by atoms with E-state index in [2.05, 4.69) is 25.9 Å². The summed E-state index contributed by atoms with van der Waals surface area (Å²) in [5, 5.41) is 5.09. The fourth-order valence-electron chi connectivity index (χ4n) is 2.12. The van der Waals surface area contributed by atoms with Gasteiger partial charge in [0, 0.05) is 34.8 Å². The average Bonchev–Trinajstić information content (AvgIpc) is 2.70. The molecule has 0 spiro atoms. The van der Waals surface area contributed by atoms with Crippen molar-refractivity contribution in [3.05, 3.63) is 40.7 Å². The lowest BCUT2D eigenvalue weighted by Gasteiger charge is -2.18. The molecule has 0 bridgehead atoms. The van der Waals surface area contributed by atoms with Crippen molar-refractivity contribution in [3.8, 4) is 11.1 Å². The van der Waals surface area contributed by atoms with Crippen LogP contribution in [-0.4, -0.2) is 16.1 Å². The third-order valence-electron chi connectivity index (χ3n) is 2.97. The van der Waals surface area contributed by atoms with Crippen LogP contribution in [0.2, 0.25) is 5.02 Å². The molecule has 0 atom stereocenters. The van der Waals surface area contributed by atoms with Gasteiger partial charge in [-0.2, -0.15) is 5.10 Å². The predicted octanol–water partition coefficient (Wildman–Crippen LogP) is 3.85. The third kappa shape index (κ3) is 2.71. The van der Waals surface area contributed by atoms with E-state index >= 15 is 0 Å². The van der Waals surface area contributed by atoms with E-state index in [4.69, 9.17) is 11.6 Å². The summed E-state index contributed by atoms with van der Waals surface area (Å²) < 4.78 is 1.78. The van der Waals surface area contributed by atoms with Gasteiger partial charge in [-0.25, -0.2) is 0 Å². The summed E-state index contributed by atoms with van der Waals surface area (Å²) in [6, 6.07) is 5.35. The van der Waals surface area contributed by atoms with Gasteiger partial charge in [0.15, 0.2) is 6.29 Å². The first-order valence-corrected chi connectivity index (χ1v) is 6.50. The zero-order chi connectivity index (χ0) is 14.2. The molecule has 0 N–H and O–H groups in total. The largest absolute Gasteiger partial charge is 0.298 e. The van der Waals surface area contributed by atoms with Gasteiger partial charge in [-0.05, 0) is 17.7 Å². The maximum Gasteiger partial charge on any atom is 0.150 e. The Hall–Kier alpha value is -1.61. The van der Waals surface area contributed by atoms with E-state index in [0.29, 0.717) is 10.6 Å². The Morgan fingerprint density at radius 1 is 1.26 bits per heavy atom. The summed E-state index contributed by atoms with van der Waals surface area (Å²) in [6.07, 6.45) is 2.78. The van der Waals surface area contributed by atoms with Gasteiger partial charge in [0.2, 0.25) is 0 Å². The second-order valence-corrected chi connectivity index (χ2v) is 6.10. The molecule has 3 nitrogen and oxygen atoms in total. The Bertz CT molecular complexity index is 624. The Kier molecular flexibility index (Phi) is 3.50. The standard InChI is InChI=1S/C15H17ClN2O/c1-15(2,3)14-13(8-18(4)17-14)12-6-5-11(16)7-10(12)9-19/h5-9H,1-4H3. The van der Waals surface area contributed by atoms with E-state index in [1.807, 2.05) is 19.3 Å². The second-order valence-electron chi connectivity index (χ2n) is 5.66. The van der Waals surface area contributed by atoms with Crippen molar-refractivity contribution in [1.29, 1.82) is 0 Å². The molecule has 0 aliphatic heterocycles. The van der Waals surface area contributed by atoms with Gasteiger partial charge in [0.1, 0.15) is 0 Å². The van der Waals surface area contributed by atoms with Gasteiger partial charge in [-0.3, -0.25) is 9.48 Å². The Morgan fingerprint density at radius 2 is 1.95 bits per heavy atom. The fourth-order valence-corrected chi connectivity index (χ4v) is 2.30. The maximum absolute atomic E-state index is 11.2. The molecule has 1 aromatic heterocycles. The molecule has 1 heterocycles. The minimum Gasteiger partial charge on any atom is -0.298 e. The van der Waals surface area contributed by atoms with Crippen LogP contribution in [-0.2, 0) is 12.5 Å². The summed E-state index contributed by atoms with van der Waals surface area (Å²) in [6.45, 7) is 6.32. The molecule has 19 heavy (non-hydrogen) atoms. The maximum atomic E-state index is 11.2. The molecular formula is C15H17ClN2O. The van der Waals surface area contributed by atoms with Gasteiger partial charge in [0.05, 0.1) is 5.69 Å². The molecule has 2 aromatic rings. The molecule has 0 amide bonds. The van der Waals surface area contributed by atoms with Crippen molar-refractivity contribution in [2.75, 3.05) is 0 Å². The fraction of sp³-hybridized carbons (Fsp3) is 0.333. The number of carbonyl (C=O) groups is 1. The molecule has 0 saturated heterocycles. The lowest BCUT2D eigenvalue weighted by molar-refractivity contribution is 0.112. The number of aldehydes is 1. The van der Waals surface area contributed by atoms with Crippen LogP contribution < -0.4 is 0 Å². The second kappa shape index (κ2) is 4.82. The number of aryl methyl sites for hydroxylation is 1. The number of nitrogens with zero attached hydrogens (tertiary/aromatic N) is 2. The van der Waals surface area contributed by atoms with Crippen LogP contribution in [0, 0.1) is 0 Å². The van der Waals surface area contributed by atoms with Crippen molar-refractivity contribution in [1.82, 2.24) is 9.78 Å². The zero-order valence-electron chi connectivity index (χ0n) is 11.6. The summed E-state index contributed by atoms with van der Waals surface area (Å²) >= 11 is 5.94. The molecular weight excluding hydrogens is 260 g/mol. The van der Waals surface area contributed by atoms with Gasteiger partial charge < -0.3 is 0 Å². The number of carbonyl (C=O) groups excluding carboxylic acids is 1. The summed E-state index contributed by atoms with van der Waals surface area (Å²) in [4.78, 5) is 11.2. The average molecular weight is 277 g/mol. The number of halogens is 1. The number of benzene rings is 1. The van der Waals surface area contributed by atoms with E-state index in [0.717, 1.165) is 23.1 Å². The van der Waals surface area contributed by atoms with E-state index < -0.39 is 0 Å². The zero-order valence-corrected chi connectivity index (χ0v) is 12.3. The van der Waals surface area contributed by atoms with Crippen LogP contribution in [0.5, 0.6) is 0 Å². The Labute approximate surface area is 118 Å². The highest BCUT2D eigenvalue weighted by Gasteiger charge is 2.23. The van der Waals surface area contributed by atoms with E-state index in [-0.39, 0.29) is 5.41 Å². The van der Waals surface area contributed by atoms with Gasteiger partial charge in [-0.1, -0.05) is 38.4 Å². The number of rotatable bonds is 2. The molecule has 1 aromatic carbocycles. The van der Waals surface area contributed by atoms with Crippen LogP contribution in [0.1, 0.15) is 36.8 Å². The van der Waals surface area contributed by atoms with E-state index in [1.165, 1.54) is 0 Å². The molecule has 0 fully saturated rings. The molecule has 0 aliphatic carbocycles. The van der Waals surface area contributed by atoms with Crippen molar-refractivity contribution in [2.45, 2.75) is 26.2 Å². The van der Waals surface area contributed by atoms with Crippen LogP contribution in [0.4, 0.5) is 0 Å². The van der Waals surface area contributed by atoms with Gasteiger partial charge in [0.25, 0.3) is 0 Å². The minimum atomic E-state index is -0.0869. The SMILES string of the molecule is Cn1cc(-c2ccc(Cl)cc2C=O)c(C(C)(C)C)n1. The van der Waals surface area contributed by atoms with Crippen LogP contribution in [0.3, 0.4) is 0 Å². The quantitative estimate of drug-likeness (QED) is 0.781. The lowest BCUT2D eigenvalue weighted by atomic mass is 9.86. The third-order valence-corrected chi connectivity index (χ3v) is 3.21. The predicted molar refractivity (Wildman–Crippen MR) is 77.7 cm³/mol. The normalized spacial score (nSPS) is 11.6. The summed E-state index contributed by atoms with van der Waals surface area (Å²) in [7, 11) is 1.88. The number of hydrogen-bond acceptors (Lipinski definition) is 2. The van der Waals surface area contributed by atoms with Crippen LogP contribution >= 0.6 is 11.6 Å². The smallest absolute Gasteiger partial charge is 0.150 e. The van der Waals surface area contributed by atoms with Gasteiger partial charge >= 0.3 is 0 Å². The Balaban J connectivity index is 2.69. The molecule has 4 heteroatoms. The first kappa shape index (κ1) is 13.8. The molecule has 0 radical (unpaired) electrons. The summed E-state index contributed by atoms with van der Waals surface area (Å²) in [5.74, 6) is 0. The van der Waals surface area contributed by atoms with E-state index in [1.54, 1.807) is 16.8 Å². The summed E-state index contributed by atoms with van der Waals surface area (Å²) in [5.41, 5.74) is 3.33. The topological polar surface area (TPSA) is 34.9 Å². The molecule has 0 aliphatic rings. The van der Waals surface area contributed by atoms with E-state index in [9.17, 15) is 4.79 Å². The first-order chi connectivity index (χ1) is 8.82. The highest BCUT2D eigenvalue weighted by Crippen LogP contribution is 2.34. The molecule has 0 unspecified atom stereocenters. The van der Waals surface area contributed by atoms with Crippen molar-refractivity contribution in [2.24, 2.45) is 7.05 Å². The van der Waals surface area contributed by atoms with Crippen molar-refractivity contribution in [3.63, 3.8) is 0 Å². The van der Waals surface area contributed by atoms with Crippen molar-refractivity contribution >= 4 is 17.9 Å². The van der Waals surface area contributed by atoms with Gasteiger partial charge in [-0.15, -0.1) is 0 Å². The van der Waals surface area contributed by atoms with Crippen LogP contribution in [0.25, 0.3) is 11.1 Å². The van der Waals surface area contributed by atoms with Crippen molar-refractivity contribution < 1.29 is 4.79 Å². The van der Waals surface area contributed by atoms with Crippen LogP contribution in [0.15, 0.2) is 24.4 Å². The molecule has 0 saturated carbocycles. The number of hydrogen-bond donors (Lipinski definition) is 0. The molecule has 2 rings (SSSR count). The number of aromatic nitrogens is 2. The lowest BCUT2D eigenvalue weighted by Crippen LogP contribution is -2.14. The Morgan fingerprint density at radius 3 is 2.53 bits per heavy atom. The highest BCUT2D eigenvalue weighted by molar-refractivity contribution is 6.31. The highest BCUT2D eigenvalue weighted by atomic mass is 35.5. The molecule has 100 valence electrons. The minimum absolute atomic E-state index is 0.0869. The monoisotopic (exact) mass is 276 g/mol.